The molecule has 0 saturated carbocycles. The topological polar surface area (TPSA) is 235 Å². The molecule has 0 bridgehead atoms. The summed E-state index contributed by atoms with van der Waals surface area (Å²) in [4.78, 5) is 35.3. The van der Waals surface area contributed by atoms with Gasteiger partial charge in [0.15, 0.2) is 0 Å². The predicted molar refractivity (Wildman–Crippen MR) is 201 cm³/mol. The molecule has 0 unspecified atom stereocenters. The number of hydrogen-bond donors (Lipinski definition) is 3. The van der Waals surface area contributed by atoms with Gasteiger partial charge < -0.3 is 0 Å². The molecule has 0 atom stereocenters. The zero-order valence-electron chi connectivity index (χ0n) is 29.1. The van der Waals surface area contributed by atoms with Crippen LogP contribution in [0, 0.1) is 20.8 Å². The van der Waals surface area contributed by atoms with Gasteiger partial charge in [-0.1, -0.05) is 68.2 Å². The van der Waals surface area contributed by atoms with Crippen LogP contribution in [0.4, 0.5) is 35.2 Å². The average Bonchev–Trinajstić information content (AvgIpc) is 2.98. The first-order valence-electron chi connectivity index (χ1n) is 14.7. The maximum absolute atomic E-state index is 5.50. The molecule has 0 radical (unpaired) electrons. The van der Waals surface area contributed by atoms with Gasteiger partial charge in [-0.3, -0.25) is 0 Å². The fraction of sp³-hybridized carbons (Fsp3) is 0.419. The Bertz CT molecular complexity index is 1160. The molecule has 18 heteroatoms. The van der Waals surface area contributed by atoms with Gasteiger partial charge in [0, 0.05) is 0 Å². The molecule has 3 rings (SSSR count). The van der Waals surface area contributed by atoms with Crippen molar-refractivity contribution in [3.8, 4) is 0 Å². The minimum absolute atomic E-state index is 0. The van der Waals surface area contributed by atoms with E-state index in [0.29, 0.717) is 35.0 Å². The third-order valence-corrected chi connectivity index (χ3v) is 4.81. The Hall–Kier alpha value is -3.28. The number of hydrogen-bond acceptors (Lipinski definition) is 12. The Morgan fingerprint density at radius 1 is 0.571 bits per heavy atom. The van der Waals surface area contributed by atoms with Gasteiger partial charge in [-0.25, -0.2) is 0 Å². The summed E-state index contributed by atoms with van der Waals surface area (Å²) >= 11 is 3.82. The van der Waals surface area contributed by atoms with Crippen molar-refractivity contribution in [1.29, 1.82) is 0 Å². The van der Waals surface area contributed by atoms with E-state index in [2.05, 4.69) is 102 Å². The van der Waals surface area contributed by atoms with E-state index in [0.717, 1.165) is 11.4 Å². The van der Waals surface area contributed by atoms with Gasteiger partial charge in [0.1, 0.15) is 0 Å². The van der Waals surface area contributed by atoms with Gasteiger partial charge in [-0.2, -0.15) is 0 Å². The Labute approximate surface area is 326 Å². The molecule has 3 aromatic heterocycles. The van der Waals surface area contributed by atoms with Crippen molar-refractivity contribution in [2.45, 2.75) is 89.0 Å². The molecule has 49 heavy (non-hydrogen) atoms. The molecule has 0 aliphatic carbocycles. The van der Waals surface area contributed by atoms with Crippen LogP contribution in [0.5, 0.6) is 0 Å². The van der Waals surface area contributed by atoms with Crippen molar-refractivity contribution in [2.24, 2.45) is 15.0 Å². The van der Waals surface area contributed by atoms with Crippen LogP contribution in [-0.4, -0.2) is 62.5 Å². The van der Waals surface area contributed by atoms with Gasteiger partial charge in [-0.15, -0.1) is 0 Å². The monoisotopic (exact) mass is 1190 g/mol. The summed E-state index contributed by atoms with van der Waals surface area (Å²) in [6.45, 7) is 18.2. The van der Waals surface area contributed by atoms with Crippen LogP contribution in [0.25, 0.3) is 16.0 Å². The SMILES string of the molecule is C.CCC.CCC.CCC.Cc1cc(N)nc([N-]C=N[CH]=[W])n1.Cc1cc([N-]C=N[CH]=[W])nc(N)n1.Cc1nc(N)cc([N-]C=N[CH]=[W])n1. The number of aliphatic imine (C=N–C) groups is 3. The second-order valence-corrected chi connectivity index (χ2v) is 11.0. The van der Waals surface area contributed by atoms with Crippen LogP contribution in [0.15, 0.2) is 33.2 Å². The summed E-state index contributed by atoms with van der Waals surface area (Å²) in [7, 11) is 0. The second-order valence-electron chi connectivity index (χ2n) is 8.78. The molecule has 0 amide bonds. The van der Waals surface area contributed by atoms with Crippen molar-refractivity contribution >= 4 is 67.8 Å². The first-order valence-corrected chi connectivity index (χ1v) is 19.8. The molecule has 0 fully saturated rings. The van der Waals surface area contributed by atoms with Crippen LogP contribution in [0.2, 0.25) is 0 Å². The van der Waals surface area contributed by atoms with E-state index in [4.69, 9.17) is 17.2 Å². The van der Waals surface area contributed by atoms with Crippen LogP contribution in [-0.2, 0) is 58.1 Å². The van der Waals surface area contributed by atoms with E-state index in [1.54, 1.807) is 38.7 Å². The summed E-state index contributed by atoms with van der Waals surface area (Å²) in [6, 6.07) is 5.03. The van der Waals surface area contributed by atoms with Crippen LogP contribution in [0.1, 0.15) is 85.4 Å². The van der Waals surface area contributed by atoms with Crippen molar-refractivity contribution in [3.05, 3.63) is 51.4 Å². The normalized spacial score (nSPS) is 9.24. The molecule has 15 nitrogen and oxygen atoms in total. The third-order valence-electron chi connectivity index (χ3n) is 3.50. The Morgan fingerprint density at radius 2 is 0.980 bits per heavy atom. The van der Waals surface area contributed by atoms with Crippen molar-refractivity contribution < 1.29 is 58.1 Å². The van der Waals surface area contributed by atoms with Crippen LogP contribution >= 0.6 is 0 Å². The van der Waals surface area contributed by atoms with E-state index < -0.39 is 0 Å². The zero-order valence-corrected chi connectivity index (χ0v) is 37.9. The number of nitrogens with two attached hydrogens (primary N) is 3. The van der Waals surface area contributed by atoms with Crippen molar-refractivity contribution in [2.75, 3.05) is 17.2 Å². The summed E-state index contributed by atoms with van der Waals surface area (Å²) < 4.78 is 5.16. The number of anilines is 3. The molecule has 0 aromatic carbocycles. The van der Waals surface area contributed by atoms with E-state index in [1.807, 2.05) is 13.8 Å². The number of aromatic nitrogens is 6. The van der Waals surface area contributed by atoms with Gasteiger partial charge in [0.2, 0.25) is 0 Å². The molecule has 0 aliphatic heterocycles. The maximum atomic E-state index is 5.50. The summed E-state index contributed by atoms with van der Waals surface area (Å²) in [5, 5.41) is 11.9. The van der Waals surface area contributed by atoms with Gasteiger partial charge in [-0.05, 0) is 0 Å². The number of rotatable bonds is 9. The molecule has 3 heterocycles. The third kappa shape index (κ3) is 35.8. The predicted octanol–water partition coefficient (Wildman–Crippen LogP) is 7.01. The Morgan fingerprint density at radius 3 is 1.39 bits per heavy atom. The summed E-state index contributed by atoms with van der Waals surface area (Å²) in [5.41, 5.74) is 18.0. The number of aryl methyl sites for hydroxylation is 3. The average molecular weight is 1190 g/mol. The zero-order chi connectivity index (χ0) is 37.2. The van der Waals surface area contributed by atoms with E-state index in [1.165, 1.54) is 96.3 Å². The molecular formula is C31H52N15W3-3. The molecule has 3 aromatic rings. The molecule has 0 saturated heterocycles. The Balaban J connectivity index is -0.000000273. The van der Waals surface area contributed by atoms with Crippen LogP contribution in [0.3, 0.4) is 0 Å². The first-order chi connectivity index (χ1) is 22.9. The molecule has 0 spiro atoms. The van der Waals surface area contributed by atoms with Crippen molar-refractivity contribution in [1.82, 2.24) is 29.9 Å². The number of nitrogens with zero attached hydrogens (tertiary/aromatic N) is 12. The Kier molecular flexibility index (Phi) is 40.3. The van der Waals surface area contributed by atoms with Crippen LogP contribution < -0.4 is 17.2 Å². The summed E-state index contributed by atoms with van der Waals surface area (Å²) in [5.74, 6) is 3.10. The van der Waals surface area contributed by atoms with E-state index >= 15 is 0 Å². The van der Waals surface area contributed by atoms with E-state index in [9.17, 15) is 0 Å². The molecule has 6 N–H and O–H groups in total. The molecular weight excluding hydrogens is 1130 g/mol. The van der Waals surface area contributed by atoms with E-state index in [-0.39, 0.29) is 13.4 Å². The quantitative estimate of drug-likeness (QED) is 0.148. The first kappa shape index (κ1) is 52.5. The fourth-order valence-corrected chi connectivity index (χ4v) is 2.85. The van der Waals surface area contributed by atoms with Gasteiger partial charge >= 0.3 is 260 Å². The standard InChI is InChI=1S/3C7H8N5.3C3H8.CH4.3W/c1-5-11-6(8)3-7(12-5)10-4-9-2;1-5-3-6(10-4-9-2)12-7(8)11-5;1-5-3-6(8)12-7(11-5)10-4-9-2;3*1-3-2;;;;/h3*2-4H,1H3,(H2-,8,10,11,12);3*3H2,1-2H3;1H4;;;/q3*-1;;;;;;;. The minimum atomic E-state index is 0. The summed E-state index contributed by atoms with van der Waals surface area (Å²) in [6.07, 6.45) is 8.03. The van der Waals surface area contributed by atoms with Crippen molar-refractivity contribution in [3.63, 3.8) is 0 Å². The molecule has 0 aliphatic rings. The fourth-order valence-electron chi connectivity index (χ4n) is 2.27. The van der Waals surface area contributed by atoms with Gasteiger partial charge in [0.25, 0.3) is 0 Å². The van der Waals surface area contributed by atoms with Gasteiger partial charge in [0.05, 0.1) is 0 Å². The molecule has 272 valence electrons. The second kappa shape index (κ2) is 37.5. The number of nitrogen functional groups attached to an aromatic ring is 3.